The smallest absolute Gasteiger partial charge is 0.250 e. The summed E-state index contributed by atoms with van der Waals surface area (Å²) in [4.78, 5) is 20.5. The Hall–Kier alpha value is -3.25. The molecule has 3 aromatic rings. The average Bonchev–Trinajstić information content (AvgIpc) is 3.14. The van der Waals surface area contributed by atoms with Crippen LogP contribution < -0.4 is 10.1 Å². The summed E-state index contributed by atoms with van der Waals surface area (Å²) in [5, 5.41) is 5.23. The van der Waals surface area contributed by atoms with Crippen LogP contribution in [0, 0.1) is 0 Å². The number of pyridine rings is 1. The molecule has 6 heteroatoms. The van der Waals surface area contributed by atoms with Gasteiger partial charge in [0.1, 0.15) is 12.4 Å². The molecule has 0 unspecified atom stereocenters. The van der Waals surface area contributed by atoms with Gasteiger partial charge in [-0.25, -0.2) is 4.98 Å². The highest BCUT2D eigenvalue weighted by atomic mass is 32.1. The summed E-state index contributed by atoms with van der Waals surface area (Å²) in [5.41, 5.74) is 2.68. The molecular formula is C20H17N3O2S. The Kier molecular flexibility index (Phi) is 5.90. The van der Waals surface area contributed by atoms with Crippen molar-refractivity contribution < 1.29 is 9.53 Å². The predicted molar refractivity (Wildman–Crippen MR) is 105 cm³/mol. The Bertz CT molecular complexity index is 902. The molecule has 0 saturated carbocycles. The first-order chi connectivity index (χ1) is 12.7. The van der Waals surface area contributed by atoms with Crippen LogP contribution in [-0.2, 0) is 4.79 Å². The number of carbonyl (C=O) groups excluding carboxylic acids is 1. The fourth-order valence-corrected chi connectivity index (χ4v) is 2.86. The molecule has 0 aliphatic carbocycles. The topological polar surface area (TPSA) is 64.1 Å². The van der Waals surface area contributed by atoms with Crippen LogP contribution in [0.2, 0.25) is 0 Å². The van der Waals surface area contributed by atoms with Gasteiger partial charge < -0.3 is 4.74 Å². The zero-order chi connectivity index (χ0) is 18.2. The minimum atomic E-state index is -0.229. The van der Waals surface area contributed by atoms with E-state index in [9.17, 15) is 4.79 Å². The van der Waals surface area contributed by atoms with Gasteiger partial charge in [0.25, 0.3) is 0 Å². The standard InChI is InChI=1S/C20H17N3O2S/c1-2-13-25-17-6-3-15(4-7-17)5-8-19(24)23-20-22-18(14-26-20)16-9-11-21-12-10-16/h2-12,14H,1,13H2,(H,22,23,24). The normalized spacial score (nSPS) is 10.6. The first-order valence-corrected chi connectivity index (χ1v) is 8.81. The zero-order valence-electron chi connectivity index (χ0n) is 14.0. The Balaban J connectivity index is 1.58. The Morgan fingerprint density at radius 3 is 2.69 bits per heavy atom. The number of hydrogen-bond acceptors (Lipinski definition) is 5. The second-order valence-corrected chi connectivity index (χ2v) is 6.12. The van der Waals surface area contributed by atoms with Gasteiger partial charge in [0, 0.05) is 29.4 Å². The second-order valence-electron chi connectivity index (χ2n) is 5.27. The number of nitrogens with one attached hydrogen (secondary N) is 1. The molecule has 2 aromatic heterocycles. The van der Waals surface area contributed by atoms with E-state index >= 15 is 0 Å². The molecule has 0 fully saturated rings. The van der Waals surface area contributed by atoms with E-state index < -0.39 is 0 Å². The molecule has 5 nitrogen and oxygen atoms in total. The monoisotopic (exact) mass is 363 g/mol. The molecule has 3 rings (SSSR count). The molecule has 130 valence electrons. The third kappa shape index (κ3) is 4.87. The average molecular weight is 363 g/mol. The number of aromatic nitrogens is 2. The van der Waals surface area contributed by atoms with Crippen LogP contribution in [0.15, 0.2) is 72.9 Å². The van der Waals surface area contributed by atoms with Crippen LogP contribution in [0.25, 0.3) is 17.3 Å². The maximum Gasteiger partial charge on any atom is 0.250 e. The first-order valence-electron chi connectivity index (χ1n) is 7.93. The summed E-state index contributed by atoms with van der Waals surface area (Å²) in [6.07, 6.45) is 8.33. The summed E-state index contributed by atoms with van der Waals surface area (Å²) in [5.74, 6) is 0.533. The summed E-state index contributed by atoms with van der Waals surface area (Å²) in [7, 11) is 0. The van der Waals surface area contributed by atoms with E-state index in [1.165, 1.54) is 17.4 Å². The van der Waals surface area contributed by atoms with Crippen molar-refractivity contribution in [3.05, 3.63) is 78.5 Å². The van der Waals surface area contributed by atoms with E-state index in [0.717, 1.165) is 22.6 Å². The number of anilines is 1. The fraction of sp³-hybridized carbons (Fsp3) is 0.0500. The third-order valence-electron chi connectivity index (χ3n) is 3.39. The maximum atomic E-state index is 12.1. The van der Waals surface area contributed by atoms with E-state index in [0.29, 0.717) is 11.7 Å². The van der Waals surface area contributed by atoms with Crippen LogP contribution in [0.3, 0.4) is 0 Å². The largest absolute Gasteiger partial charge is 0.490 e. The van der Waals surface area contributed by atoms with E-state index in [1.54, 1.807) is 24.5 Å². The highest BCUT2D eigenvalue weighted by molar-refractivity contribution is 7.14. The minimum Gasteiger partial charge on any atom is -0.490 e. The van der Waals surface area contributed by atoms with Gasteiger partial charge in [-0.2, -0.15) is 0 Å². The maximum absolute atomic E-state index is 12.1. The van der Waals surface area contributed by atoms with Crippen LogP contribution in [0.4, 0.5) is 5.13 Å². The minimum absolute atomic E-state index is 0.229. The van der Waals surface area contributed by atoms with Gasteiger partial charge in [-0.05, 0) is 35.9 Å². The van der Waals surface area contributed by atoms with Crippen molar-refractivity contribution in [2.45, 2.75) is 0 Å². The van der Waals surface area contributed by atoms with Gasteiger partial charge in [0.2, 0.25) is 5.91 Å². The quantitative estimate of drug-likeness (QED) is 0.498. The number of amides is 1. The summed E-state index contributed by atoms with van der Waals surface area (Å²) in [6, 6.07) is 11.2. The van der Waals surface area contributed by atoms with Crippen molar-refractivity contribution in [2.24, 2.45) is 0 Å². The highest BCUT2D eigenvalue weighted by Gasteiger charge is 2.06. The molecule has 1 aromatic carbocycles. The molecule has 0 aliphatic heterocycles. The molecule has 0 spiro atoms. The molecule has 0 bridgehead atoms. The summed E-state index contributed by atoms with van der Waals surface area (Å²) in [6.45, 7) is 4.07. The molecule has 0 atom stereocenters. The van der Waals surface area contributed by atoms with Crippen LogP contribution >= 0.6 is 11.3 Å². The number of thiazole rings is 1. The van der Waals surface area contributed by atoms with Crippen LogP contribution in [-0.4, -0.2) is 22.5 Å². The van der Waals surface area contributed by atoms with Crippen molar-refractivity contribution in [1.29, 1.82) is 0 Å². The van der Waals surface area contributed by atoms with Gasteiger partial charge in [-0.15, -0.1) is 11.3 Å². The van der Waals surface area contributed by atoms with Gasteiger partial charge in [-0.1, -0.05) is 24.8 Å². The van der Waals surface area contributed by atoms with Crippen molar-refractivity contribution in [3.63, 3.8) is 0 Å². The zero-order valence-corrected chi connectivity index (χ0v) is 14.8. The molecule has 26 heavy (non-hydrogen) atoms. The number of rotatable bonds is 7. The Labute approximate surface area is 155 Å². The Morgan fingerprint density at radius 1 is 1.19 bits per heavy atom. The van der Waals surface area contributed by atoms with Crippen molar-refractivity contribution in [1.82, 2.24) is 9.97 Å². The van der Waals surface area contributed by atoms with E-state index in [4.69, 9.17) is 4.74 Å². The lowest BCUT2D eigenvalue weighted by molar-refractivity contribution is -0.111. The fourth-order valence-electron chi connectivity index (χ4n) is 2.14. The number of hydrogen-bond donors (Lipinski definition) is 1. The van der Waals surface area contributed by atoms with E-state index in [1.807, 2.05) is 41.8 Å². The SMILES string of the molecule is C=CCOc1ccc(C=CC(=O)Nc2nc(-c3ccncc3)cs2)cc1. The molecular weight excluding hydrogens is 346 g/mol. The molecule has 1 N–H and O–H groups in total. The van der Waals surface area contributed by atoms with Gasteiger partial charge in [-0.3, -0.25) is 15.1 Å². The number of carbonyl (C=O) groups is 1. The van der Waals surface area contributed by atoms with Gasteiger partial charge in [0.15, 0.2) is 5.13 Å². The predicted octanol–water partition coefficient (Wildman–Crippen LogP) is 4.42. The summed E-state index contributed by atoms with van der Waals surface area (Å²) >= 11 is 1.38. The van der Waals surface area contributed by atoms with Crippen molar-refractivity contribution in [3.8, 4) is 17.0 Å². The summed E-state index contributed by atoms with van der Waals surface area (Å²) < 4.78 is 5.42. The third-order valence-corrected chi connectivity index (χ3v) is 4.14. The lowest BCUT2D eigenvalue weighted by atomic mass is 10.2. The van der Waals surface area contributed by atoms with Crippen molar-refractivity contribution in [2.75, 3.05) is 11.9 Å². The lowest BCUT2D eigenvalue weighted by Gasteiger charge is -2.02. The molecule has 1 amide bonds. The highest BCUT2D eigenvalue weighted by Crippen LogP contribution is 2.24. The van der Waals surface area contributed by atoms with E-state index in [2.05, 4.69) is 21.9 Å². The lowest BCUT2D eigenvalue weighted by Crippen LogP contribution is -2.07. The van der Waals surface area contributed by atoms with Crippen LogP contribution in [0.1, 0.15) is 5.56 Å². The number of nitrogens with zero attached hydrogens (tertiary/aromatic N) is 2. The molecule has 0 saturated heterocycles. The Morgan fingerprint density at radius 2 is 1.96 bits per heavy atom. The molecule has 0 radical (unpaired) electrons. The molecule has 0 aliphatic rings. The van der Waals surface area contributed by atoms with Crippen LogP contribution in [0.5, 0.6) is 5.75 Å². The van der Waals surface area contributed by atoms with Gasteiger partial charge in [0.05, 0.1) is 5.69 Å². The first kappa shape index (κ1) is 17.6. The number of ether oxygens (including phenoxy) is 1. The number of benzene rings is 1. The molecule has 2 heterocycles. The second kappa shape index (κ2) is 8.73. The van der Waals surface area contributed by atoms with E-state index in [-0.39, 0.29) is 5.91 Å². The van der Waals surface area contributed by atoms with Crippen molar-refractivity contribution >= 4 is 28.5 Å². The van der Waals surface area contributed by atoms with Gasteiger partial charge >= 0.3 is 0 Å².